The number of unbranched alkanes of at least 4 members (excludes halogenated alkanes) is 3. The van der Waals surface area contributed by atoms with E-state index < -0.39 is 29.9 Å². The number of carbonyl (C=O) groups is 4. The zero-order valence-corrected chi connectivity index (χ0v) is 37.0. The molecular formula is C50H68N4O7. The van der Waals surface area contributed by atoms with Crippen LogP contribution in [0.5, 0.6) is 0 Å². The van der Waals surface area contributed by atoms with Crippen molar-refractivity contribution in [3.05, 3.63) is 107 Å². The summed E-state index contributed by atoms with van der Waals surface area (Å²) in [5.74, 6) is -0.781. The van der Waals surface area contributed by atoms with Gasteiger partial charge in [0, 0.05) is 18.2 Å². The SMILES string of the molecule is CCCCC(CCCC)OC(=O)C(CCCCNC(=O)OC(C)(C)C)NC(=C1CCC1)C(Cc1ccccc1)NC(=O)CNC(=O)OCC1c2ccccc2-c2ccccc21. The van der Waals surface area contributed by atoms with Crippen molar-refractivity contribution in [2.75, 3.05) is 19.7 Å². The first-order valence-corrected chi connectivity index (χ1v) is 22.5. The van der Waals surface area contributed by atoms with E-state index in [4.69, 9.17) is 14.2 Å². The van der Waals surface area contributed by atoms with E-state index in [1.54, 1.807) is 0 Å². The second-order valence-electron chi connectivity index (χ2n) is 17.3. The average molecular weight is 837 g/mol. The third-order valence-corrected chi connectivity index (χ3v) is 11.3. The highest BCUT2D eigenvalue weighted by atomic mass is 16.6. The lowest BCUT2D eigenvalue weighted by Gasteiger charge is -2.33. The molecule has 11 heteroatoms. The zero-order valence-electron chi connectivity index (χ0n) is 37.0. The molecule has 2 aliphatic rings. The van der Waals surface area contributed by atoms with Crippen LogP contribution in [-0.4, -0.2) is 67.5 Å². The summed E-state index contributed by atoms with van der Waals surface area (Å²) in [5.41, 5.74) is 6.89. The maximum absolute atomic E-state index is 14.2. The average Bonchev–Trinajstić information content (AvgIpc) is 3.54. The van der Waals surface area contributed by atoms with Gasteiger partial charge in [-0.1, -0.05) is 118 Å². The highest BCUT2D eigenvalue weighted by Gasteiger charge is 2.32. The van der Waals surface area contributed by atoms with Gasteiger partial charge in [0.1, 0.15) is 30.9 Å². The highest BCUT2D eigenvalue weighted by molar-refractivity contribution is 5.83. The molecule has 4 N–H and O–H groups in total. The van der Waals surface area contributed by atoms with Crippen LogP contribution in [0.15, 0.2) is 90.1 Å². The Morgan fingerprint density at radius 2 is 1.33 bits per heavy atom. The molecule has 0 saturated heterocycles. The summed E-state index contributed by atoms with van der Waals surface area (Å²) in [5, 5.41) is 12.3. The number of carbonyl (C=O) groups excluding carboxylic acids is 4. The van der Waals surface area contributed by atoms with Gasteiger partial charge in [-0.2, -0.15) is 0 Å². The van der Waals surface area contributed by atoms with Gasteiger partial charge in [0.05, 0.1) is 6.04 Å². The fourth-order valence-corrected chi connectivity index (χ4v) is 7.98. The van der Waals surface area contributed by atoms with E-state index in [2.05, 4.69) is 59.4 Å². The number of alkyl carbamates (subject to hydrolysis) is 2. The predicted molar refractivity (Wildman–Crippen MR) is 240 cm³/mol. The third-order valence-electron chi connectivity index (χ3n) is 11.3. The molecule has 2 atom stereocenters. The molecule has 3 aromatic rings. The van der Waals surface area contributed by atoms with Crippen molar-refractivity contribution in [2.24, 2.45) is 0 Å². The second-order valence-corrected chi connectivity index (χ2v) is 17.3. The summed E-state index contributed by atoms with van der Waals surface area (Å²) in [4.78, 5) is 53.3. The Bertz CT molecular complexity index is 1860. The molecule has 2 aliphatic carbocycles. The number of rotatable bonds is 23. The summed E-state index contributed by atoms with van der Waals surface area (Å²) >= 11 is 0. The molecule has 3 amide bonds. The molecule has 1 saturated carbocycles. The molecule has 3 aromatic carbocycles. The van der Waals surface area contributed by atoms with Gasteiger partial charge in [-0.3, -0.25) is 4.79 Å². The zero-order chi connectivity index (χ0) is 43.6. The van der Waals surface area contributed by atoms with Gasteiger partial charge in [0.25, 0.3) is 0 Å². The van der Waals surface area contributed by atoms with Crippen molar-refractivity contribution in [1.29, 1.82) is 0 Å². The summed E-state index contributed by atoms with van der Waals surface area (Å²) in [6, 6.07) is 25.1. The van der Waals surface area contributed by atoms with Gasteiger partial charge in [0.15, 0.2) is 0 Å². The predicted octanol–water partition coefficient (Wildman–Crippen LogP) is 9.64. The van der Waals surface area contributed by atoms with Gasteiger partial charge < -0.3 is 35.5 Å². The van der Waals surface area contributed by atoms with Crippen LogP contribution in [-0.2, 0) is 30.2 Å². The Morgan fingerprint density at radius 1 is 0.705 bits per heavy atom. The number of esters is 1. The van der Waals surface area contributed by atoms with Gasteiger partial charge >= 0.3 is 18.2 Å². The van der Waals surface area contributed by atoms with E-state index in [9.17, 15) is 19.2 Å². The van der Waals surface area contributed by atoms with E-state index in [1.807, 2.05) is 75.4 Å². The minimum atomic E-state index is -0.676. The van der Waals surface area contributed by atoms with E-state index in [-0.39, 0.29) is 37.0 Å². The fraction of sp³-hybridized carbons (Fsp3) is 0.520. The van der Waals surface area contributed by atoms with Crippen LogP contribution in [0.3, 0.4) is 0 Å². The van der Waals surface area contributed by atoms with E-state index in [0.717, 1.165) is 96.9 Å². The first kappa shape index (κ1) is 46.7. The van der Waals surface area contributed by atoms with Crippen LogP contribution in [0.4, 0.5) is 9.59 Å². The molecule has 61 heavy (non-hydrogen) atoms. The van der Waals surface area contributed by atoms with Gasteiger partial charge in [-0.25, -0.2) is 14.4 Å². The Hall–Kier alpha value is -5.32. The molecule has 1 fully saturated rings. The van der Waals surface area contributed by atoms with Crippen LogP contribution >= 0.6 is 0 Å². The Balaban J connectivity index is 1.28. The van der Waals surface area contributed by atoms with Crippen LogP contribution in [0, 0.1) is 0 Å². The van der Waals surface area contributed by atoms with Gasteiger partial charge in [0.2, 0.25) is 5.91 Å². The smallest absolute Gasteiger partial charge is 0.407 e. The molecule has 11 nitrogen and oxygen atoms in total. The maximum atomic E-state index is 14.2. The van der Waals surface area contributed by atoms with Crippen LogP contribution in [0.1, 0.15) is 134 Å². The summed E-state index contributed by atoms with van der Waals surface area (Å²) in [7, 11) is 0. The number of ether oxygens (including phenoxy) is 3. The normalized spacial score (nSPS) is 14.2. The monoisotopic (exact) mass is 837 g/mol. The Labute approximate surface area is 363 Å². The molecule has 330 valence electrons. The second kappa shape index (κ2) is 23.6. The topological polar surface area (TPSA) is 144 Å². The molecule has 0 aliphatic heterocycles. The lowest BCUT2D eigenvalue weighted by Crippen LogP contribution is -2.50. The number of allylic oxidation sites excluding steroid dienone is 1. The van der Waals surface area contributed by atoms with E-state index >= 15 is 0 Å². The summed E-state index contributed by atoms with van der Waals surface area (Å²) in [6.07, 6.45) is 9.20. The molecule has 0 spiro atoms. The molecule has 0 aromatic heterocycles. The Morgan fingerprint density at radius 3 is 1.92 bits per heavy atom. The molecule has 0 radical (unpaired) electrons. The lowest BCUT2D eigenvalue weighted by atomic mass is 9.86. The minimum absolute atomic E-state index is 0.0978. The first-order chi connectivity index (χ1) is 29.5. The fourth-order valence-electron chi connectivity index (χ4n) is 7.98. The van der Waals surface area contributed by atoms with Crippen LogP contribution in [0.2, 0.25) is 0 Å². The highest BCUT2D eigenvalue weighted by Crippen LogP contribution is 2.44. The van der Waals surface area contributed by atoms with E-state index in [0.29, 0.717) is 32.2 Å². The third kappa shape index (κ3) is 14.7. The number of amides is 3. The van der Waals surface area contributed by atoms with Crippen molar-refractivity contribution in [1.82, 2.24) is 21.3 Å². The number of nitrogens with one attached hydrogen (secondary N) is 4. The van der Waals surface area contributed by atoms with Crippen molar-refractivity contribution in [2.45, 2.75) is 148 Å². The van der Waals surface area contributed by atoms with Crippen LogP contribution in [0.25, 0.3) is 11.1 Å². The van der Waals surface area contributed by atoms with Crippen molar-refractivity contribution in [3.8, 4) is 11.1 Å². The summed E-state index contributed by atoms with van der Waals surface area (Å²) < 4.78 is 17.4. The lowest BCUT2D eigenvalue weighted by molar-refractivity contribution is -0.152. The number of hydrogen-bond donors (Lipinski definition) is 4. The first-order valence-electron chi connectivity index (χ1n) is 22.5. The number of benzene rings is 3. The minimum Gasteiger partial charge on any atom is -0.461 e. The maximum Gasteiger partial charge on any atom is 0.407 e. The van der Waals surface area contributed by atoms with Crippen molar-refractivity contribution < 1.29 is 33.4 Å². The standard InChI is InChI=1S/C50H68N4O7/c1-6-8-24-37(25-9-7-2)60-47(56)43(30-17-18-31-51-49(58)61-50(3,4)5)54-46(36-22-19-23-36)44(32-35-20-11-10-12-21-35)53-45(55)33-52-48(57)59-34-42-40-28-15-13-26-38(40)39-27-14-16-29-41(39)42/h10-16,20-21,26-29,37,42-44,54H,6-9,17-19,22-25,30-34H2,1-5H3,(H,51,58)(H,52,57)(H,53,55). The molecule has 0 bridgehead atoms. The molecule has 2 unspecified atom stereocenters. The number of hydrogen-bond acceptors (Lipinski definition) is 8. The van der Waals surface area contributed by atoms with Gasteiger partial charge in [-0.05, 0) is 112 Å². The molecule has 0 heterocycles. The Kier molecular flexibility index (Phi) is 18.1. The van der Waals surface area contributed by atoms with E-state index in [1.165, 1.54) is 0 Å². The molecular weight excluding hydrogens is 769 g/mol. The number of fused-ring (bicyclic) bond motifs is 3. The largest absolute Gasteiger partial charge is 0.461 e. The quantitative estimate of drug-likeness (QED) is 0.0420. The van der Waals surface area contributed by atoms with Gasteiger partial charge in [-0.15, -0.1) is 0 Å². The van der Waals surface area contributed by atoms with Crippen molar-refractivity contribution in [3.63, 3.8) is 0 Å². The van der Waals surface area contributed by atoms with Crippen LogP contribution < -0.4 is 21.3 Å². The van der Waals surface area contributed by atoms with Crippen molar-refractivity contribution >= 4 is 24.1 Å². The molecule has 5 rings (SSSR count). The summed E-state index contributed by atoms with van der Waals surface area (Å²) in [6.45, 7) is 10.0.